The maximum atomic E-state index is 12.0. The van der Waals surface area contributed by atoms with Crippen molar-refractivity contribution >= 4 is 29.2 Å². The van der Waals surface area contributed by atoms with Crippen molar-refractivity contribution in [2.45, 2.75) is 35.5 Å². The fraction of sp³-hybridized carbons (Fsp3) is 0.440. The zero-order chi connectivity index (χ0) is 21.0. The fourth-order valence-electron chi connectivity index (χ4n) is 4.68. The highest BCUT2D eigenvalue weighted by Crippen LogP contribution is 2.40. The molecular formula is C25H30N4OS. The van der Waals surface area contributed by atoms with Crippen molar-refractivity contribution < 1.29 is 4.79 Å². The molecule has 0 atom stereocenters. The minimum Gasteiger partial charge on any atom is -0.354 e. The van der Waals surface area contributed by atoms with E-state index in [0.717, 1.165) is 83.0 Å². The third-order valence-corrected chi connectivity index (χ3v) is 7.58. The third-order valence-electron chi connectivity index (χ3n) is 6.44. The van der Waals surface area contributed by atoms with Crippen LogP contribution in [0.25, 0.3) is 0 Å². The molecule has 0 radical (unpaired) electrons. The van der Waals surface area contributed by atoms with Crippen LogP contribution in [0.15, 0.2) is 63.3 Å². The smallest absolute Gasteiger partial charge is 0.222 e. The first-order valence-corrected chi connectivity index (χ1v) is 12.3. The number of carbonyl (C=O) groups excluding carboxylic acids is 1. The molecule has 6 heteroatoms. The van der Waals surface area contributed by atoms with Gasteiger partial charge in [0.2, 0.25) is 5.91 Å². The zero-order valence-corrected chi connectivity index (χ0v) is 18.8. The average molecular weight is 435 g/mol. The number of amides is 1. The van der Waals surface area contributed by atoms with Crippen LogP contribution >= 0.6 is 11.8 Å². The molecule has 31 heavy (non-hydrogen) atoms. The van der Waals surface area contributed by atoms with Gasteiger partial charge in [0.15, 0.2) is 0 Å². The highest BCUT2D eigenvalue weighted by atomic mass is 32.2. The normalized spacial score (nSPS) is 19.5. The van der Waals surface area contributed by atoms with E-state index >= 15 is 0 Å². The van der Waals surface area contributed by atoms with Crippen LogP contribution in [0.5, 0.6) is 0 Å². The molecule has 3 aliphatic heterocycles. The number of nitrogens with zero attached hydrogens (tertiary/aromatic N) is 4. The van der Waals surface area contributed by atoms with Crippen LogP contribution in [0.4, 0.5) is 5.69 Å². The van der Waals surface area contributed by atoms with Gasteiger partial charge in [0.25, 0.3) is 0 Å². The van der Waals surface area contributed by atoms with Gasteiger partial charge in [-0.15, -0.1) is 0 Å². The number of amidine groups is 1. The first-order valence-electron chi connectivity index (χ1n) is 11.5. The van der Waals surface area contributed by atoms with E-state index in [2.05, 4.69) is 63.2 Å². The van der Waals surface area contributed by atoms with Gasteiger partial charge in [-0.3, -0.25) is 9.69 Å². The molecule has 0 N–H and O–H groups in total. The molecule has 0 unspecified atom stereocenters. The number of piperazine rings is 1. The van der Waals surface area contributed by atoms with E-state index in [1.807, 2.05) is 11.8 Å². The Kier molecular flexibility index (Phi) is 6.27. The Morgan fingerprint density at radius 1 is 0.839 bits per heavy atom. The summed E-state index contributed by atoms with van der Waals surface area (Å²) < 4.78 is 0. The van der Waals surface area contributed by atoms with Crippen LogP contribution in [0.1, 0.15) is 31.2 Å². The van der Waals surface area contributed by atoms with Crippen molar-refractivity contribution in [1.82, 2.24) is 14.7 Å². The van der Waals surface area contributed by atoms with Gasteiger partial charge in [0.05, 0.1) is 5.69 Å². The lowest BCUT2D eigenvalue weighted by Gasteiger charge is -2.37. The molecule has 0 saturated carbocycles. The van der Waals surface area contributed by atoms with Crippen molar-refractivity contribution in [3.8, 4) is 0 Å². The Bertz CT molecular complexity index is 967. The molecule has 1 amide bonds. The molecule has 5 nitrogen and oxygen atoms in total. The summed E-state index contributed by atoms with van der Waals surface area (Å²) in [5.41, 5.74) is 2.30. The predicted molar refractivity (Wildman–Crippen MR) is 126 cm³/mol. The second kappa shape index (κ2) is 9.45. The summed E-state index contributed by atoms with van der Waals surface area (Å²) >= 11 is 1.81. The number of piperidine rings is 1. The van der Waals surface area contributed by atoms with Crippen molar-refractivity contribution in [3.05, 3.63) is 54.1 Å². The Morgan fingerprint density at radius 2 is 1.61 bits per heavy atom. The largest absolute Gasteiger partial charge is 0.354 e. The molecule has 2 fully saturated rings. The van der Waals surface area contributed by atoms with Crippen molar-refractivity contribution in [2.24, 2.45) is 4.99 Å². The van der Waals surface area contributed by atoms with Gasteiger partial charge in [-0.25, -0.2) is 4.99 Å². The molecule has 2 aromatic carbocycles. The average Bonchev–Trinajstić information content (AvgIpc) is 2.98. The molecule has 3 heterocycles. The third kappa shape index (κ3) is 4.65. The monoisotopic (exact) mass is 434 g/mol. The number of hydrogen-bond acceptors (Lipinski definition) is 5. The van der Waals surface area contributed by atoms with Gasteiger partial charge < -0.3 is 9.80 Å². The molecule has 162 valence electrons. The maximum absolute atomic E-state index is 12.0. The first-order chi connectivity index (χ1) is 15.3. The minimum atomic E-state index is 0.347. The zero-order valence-electron chi connectivity index (χ0n) is 18.0. The Labute approximate surface area is 189 Å². The van der Waals surface area contributed by atoms with Gasteiger partial charge in [0.1, 0.15) is 5.84 Å². The van der Waals surface area contributed by atoms with Crippen LogP contribution in [0.2, 0.25) is 0 Å². The minimum absolute atomic E-state index is 0.347. The molecule has 0 bridgehead atoms. The highest BCUT2D eigenvalue weighted by Gasteiger charge is 2.25. The number of likely N-dealkylation sites (tertiary alicyclic amines) is 1. The lowest BCUT2D eigenvalue weighted by molar-refractivity contribution is -0.133. The van der Waals surface area contributed by atoms with E-state index in [0.29, 0.717) is 5.91 Å². The molecule has 3 aliphatic rings. The second-order valence-electron chi connectivity index (χ2n) is 8.52. The van der Waals surface area contributed by atoms with Crippen molar-refractivity contribution in [3.63, 3.8) is 0 Å². The number of fused-ring (bicyclic) bond motifs is 2. The standard InChI is InChI=1S/C25H30N4OS/c30-24-12-5-6-14-28(24)15-7-13-27-16-18-29(19-17-27)25-20-8-1-3-10-22(20)31-23-11-4-2-9-21(23)26-25/h1-4,8-11H,5-7,12-19H2. The molecule has 0 spiro atoms. The quantitative estimate of drug-likeness (QED) is 0.721. The SMILES string of the molecule is O=C1CCCCN1CCCN1CCN(C2=Nc3ccccc3Sc3ccccc32)CC1. The van der Waals surface area contributed by atoms with Gasteiger partial charge >= 0.3 is 0 Å². The number of aliphatic imine (C=N–C) groups is 1. The predicted octanol–water partition coefficient (Wildman–Crippen LogP) is 4.25. The fourth-order valence-corrected chi connectivity index (χ4v) is 5.69. The highest BCUT2D eigenvalue weighted by molar-refractivity contribution is 7.99. The van der Waals surface area contributed by atoms with Gasteiger partial charge in [-0.2, -0.15) is 0 Å². The van der Waals surface area contributed by atoms with Gasteiger partial charge in [-0.1, -0.05) is 42.1 Å². The summed E-state index contributed by atoms with van der Waals surface area (Å²) in [5.74, 6) is 1.45. The van der Waals surface area contributed by atoms with Crippen LogP contribution in [0.3, 0.4) is 0 Å². The number of rotatable bonds is 4. The van der Waals surface area contributed by atoms with E-state index in [1.165, 1.54) is 15.4 Å². The van der Waals surface area contributed by atoms with Crippen LogP contribution in [-0.2, 0) is 4.79 Å². The number of para-hydroxylation sites is 1. The Morgan fingerprint density at radius 3 is 2.45 bits per heavy atom. The van der Waals surface area contributed by atoms with E-state index in [9.17, 15) is 4.79 Å². The van der Waals surface area contributed by atoms with E-state index in [1.54, 1.807) is 0 Å². The maximum Gasteiger partial charge on any atom is 0.222 e. The van der Waals surface area contributed by atoms with E-state index in [4.69, 9.17) is 4.99 Å². The molecule has 2 saturated heterocycles. The topological polar surface area (TPSA) is 39.2 Å². The van der Waals surface area contributed by atoms with Gasteiger partial charge in [0, 0.05) is 61.0 Å². The van der Waals surface area contributed by atoms with Crippen molar-refractivity contribution in [1.29, 1.82) is 0 Å². The molecular weight excluding hydrogens is 404 g/mol. The summed E-state index contributed by atoms with van der Waals surface area (Å²) in [4.78, 5) is 26.7. The second-order valence-corrected chi connectivity index (χ2v) is 9.61. The molecule has 2 aromatic rings. The number of benzene rings is 2. The van der Waals surface area contributed by atoms with Crippen molar-refractivity contribution in [2.75, 3.05) is 45.8 Å². The number of carbonyl (C=O) groups is 1. The lowest BCUT2D eigenvalue weighted by atomic mass is 10.1. The molecule has 5 rings (SSSR count). The summed E-state index contributed by atoms with van der Waals surface area (Å²) in [5, 5.41) is 0. The summed E-state index contributed by atoms with van der Waals surface area (Å²) in [6, 6.07) is 17.1. The van der Waals surface area contributed by atoms with Crippen LogP contribution < -0.4 is 0 Å². The van der Waals surface area contributed by atoms with Gasteiger partial charge in [-0.05, 0) is 44.0 Å². The first kappa shape index (κ1) is 20.6. The van der Waals surface area contributed by atoms with E-state index in [-0.39, 0.29) is 0 Å². The molecule has 0 aromatic heterocycles. The van der Waals surface area contributed by atoms with E-state index < -0.39 is 0 Å². The molecule has 0 aliphatic carbocycles. The van der Waals surface area contributed by atoms with Crippen LogP contribution in [-0.4, -0.2) is 72.3 Å². The Hall–Kier alpha value is -2.31. The lowest BCUT2D eigenvalue weighted by Crippen LogP contribution is -2.49. The summed E-state index contributed by atoms with van der Waals surface area (Å²) in [6.45, 7) is 7.00. The summed E-state index contributed by atoms with van der Waals surface area (Å²) in [6.07, 6.45) is 4.03. The summed E-state index contributed by atoms with van der Waals surface area (Å²) in [7, 11) is 0. The van der Waals surface area contributed by atoms with Crippen LogP contribution in [0, 0.1) is 0 Å². The number of hydrogen-bond donors (Lipinski definition) is 0. The Balaban J connectivity index is 1.23.